The van der Waals surface area contributed by atoms with Crippen LogP contribution < -0.4 is 0 Å². The largest absolute Gasteiger partial charge is 0.379 e. The highest BCUT2D eigenvalue weighted by atomic mass is 16.5. The molecule has 0 atom stereocenters. The molecule has 21 heavy (non-hydrogen) atoms. The summed E-state index contributed by atoms with van der Waals surface area (Å²) in [5.41, 5.74) is 0.279. The van der Waals surface area contributed by atoms with Gasteiger partial charge in [0.25, 0.3) is 0 Å². The molecular formula is C17H36O4. The Morgan fingerprint density at radius 1 is 0.571 bits per heavy atom. The van der Waals surface area contributed by atoms with Gasteiger partial charge >= 0.3 is 0 Å². The van der Waals surface area contributed by atoms with E-state index in [0.29, 0.717) is 31.8 Å². The molecule has 0 radical (unpaired) electrons. The Morgan fingerprint density at radius 3 is 1.52 bits per heavy atom. The number of rotatable bonds is 12. The fourth-order valence-electron chi connectivity index (χ4n) is 1.46. The molecule has 0 amide bonds. The molecule has 0 bridgehead atoms. The van der Waals surface area contributed by atoms with Crippen molar-refractivity contribution in [3.8, 4) is 0 Å². The van der Waals surface area contributed by atoms with Crippen molar-refractivity contribution in [1.82, 2.24) is 0 Å². The van der Waals surface area contributed by atoms with Crippen LogP contribution in [0.5, 0.6) is 0 Å². The molecule has 4 nitrogen and oxygen atoms in total. The maximum atomic E-state index is 5.61. The van der Waals surface area contributed by atoms with Gasteiger partial charge in [-0.15, -0.1) is 0 Å². The summed E-state index contributed by atoms with van der Waals surface area (Å²) in [6, 6.07) is 0. The molecule has 0 aliphatic rings. The zero-order valence-electron chi connectivity index (χ0n) is 15.0. The van der Waals surface area contributed by atoms with Crippen LogP contribution >= 0.6 is 0 Å². The van der Waals surface area contributed by atoms with Gasteiger partial charge < -0.3 is 18.9 Å². The quantitative estimate of drug-likeness (QED) is 0.515. The van der Waals surface area contributed by atoms with Crippen LogP contribution in [0.4, 0.5) is 0 Å². The molecule has 0 fully saturated rings. The number of hydrogen-bond acceptors (Lipinski definition) is 4. The lowest BCUT2D eigenvalue weighted by molar-refractivity contribution is -0.0213. The Bertz CT molecular complexity index is 204. The molecule has 0 saturated carbocycles. The Hall–Kier alpha value is -0.160. The van der Waals surface area contributed by atoms with E-state index in [1.54, 1.807) is 0 Å². The lowest BCUT2D eigenvalue weighted by atomic mass is 9.93. The molecule has 0 N–H and O–H groups in total. The van der Waals surface area contributed by atoms with E-state index in [0.717, 1.165) is 32.7 Å². The predicted molar refractivity (Wildman–Crippen MR) is 86.9 cm³/mol. The lowest BCUT2D eigenvalue weighted by Gasteiger charge is -2.19. The highest BCUT2D eigenvalue weighted by Gasteiger charge is 2.09. The number of ether oxygens (including phenoxy) is 4. The van der Waals surface area contributed by atoms with E-state index in [9.17, 15) is 0 Å². The fourth-order valence-corrected chi connectivity index (χ4v) is 1.46. The van der Waals surface area contributed by atoms with Crippen LogP contribution in [-0.2, 0) is 18.9 Å². The van der Waals surface area contributed by atoms with Gasteiger partial charge in [-0.3, -0.25) is 0 Å². The van der Waals surface area contributed by atoms with Crippen molar-refractivity contribution in [3.63, 3.8) is 0 Å². The van der Waals surface area contributed by atoms with Gasteiger partial charge in [-0.05, 0) is 39.0 Å². The highest BCUT2D eigenvalue weighted by Crippen LogP contribution is 2.17. The summed E-state index contributed by atoms with van der Waals surface area (Å²) in [5, 5.41) is 0. The molecule has 0 rings (SSSR count). The monoisotopic (exact) mass is 304 g/mol. The molecule has 0 aliphatic carbocycles. The van der Waals surface area contributed by atoms with Crippen molar-refractivity contribution in [2.24, 2.45) is 5.41 Å². The van der Waals surface area contributed by atoms with E-state index >= 15 is 0 Å². The minimum Gasteiger partial charge on any atom is -0.379 e. The third kappa shape index (κ3) is 19.8. The van der Waals surface area contributed by atoms with E-state index in [4.69, 9.17) is 18.9 Å². The second-order valence-corrected chi connectivity index (χ2v) is 7.46. The molecule has 0 aromatic rings. The summed E-state index contributed by atoms with van der Waals surface area (Å²) >= 11 is 0. The molecule has 128 valence electrons. The van der Waals surface area contributed by atoms with Gasteiger partial charge in [0.2, 0.25) is 0 Å². The van der Waals surface area contributed by atoms with Gasteiger partial charge in [0.1, 0.15) is 0 Å². The molecule has 0 aliphatic heterocycles. The zero-order chi connectivity index (χ0) is 16.2. The zero-order valence-corrected chi connectivity index (χ0v) is 15.0. The van der Waals surface area contributed by atoms with Crippen LogP contribution in [0.2, 0.25) is 0 Å². The average Bonchev–Trinajstić information content (AvgIpc) is 2.32. The summed E-state index contributed by atoms with van der Waals surface area (Å²) in [5.74, 6) is 0. The molecule has 0 aromatic heterocycles. The SMILES string of the molecule is CC(C)(C)CCOCCOCCOCCCOC(C)(C)C. The molecule has 4 heteroatoms. The number of hydrogen-bond donors (Lipinski definition) is 0. The molecule has 0 saturated heterocycles. The summed E-state index contributed by atoms with van der Waals surface area (Å²) < 4.78 is 22.0. The summed E-state index contributed by atoms with van der Waals surface area (Å²) in [7, 11) is 0. The topological polar surface area (TPSA) is 36.9 Å². The minimum atomic E-state index is -0.0594. The summed E-state index contributed by atoms with van der Waals surface area (Å²) in [6.07, 6.45) is 2.00. The van der Waals surface area contributed by atoms with E-state index in [-0.39, 0.29) is 5.60 Å². The average molecular weight is 304 g/mol. The van der Waals surface area contributed by atoms with E-state index in [2.05, 4.69) is 41.5 Å². The third-order valence-corrected chi connectivity index (χ3v) is 2.71. The summed E-state index contributed by atoms with van der Waals surface area (Å²) in [4.78, 5) is 0. The smallest absolute Gasteiger partial charge is 0.0701 e. The predicted octanol–water partition coefficient (Wildman–Crippen LogP) is 3.68. The van der Waals surface area contributed by atoms with Crippen LogP contribution in [0.1, 0.15) is 54.4 Å². The molecule has 0 heterocycles. The fraction of sp³-hybridized carbons (Fsp3) is 1.00. The van der Waals surface area contributed by atoms with Crippen molar-refractivity contribution in [3.05, 3.63) is 0 Å². The van der Waals surface area contributed by atoms with Gasteiger partial charge in [0.05, 0.1) is 32.0 Å². The van der Waals surface area contributed by atoms with E-state index < -0.39 is 0 Å². The van der Waals surface area contributed by atoms with E-state index in [1.807, 2.05) is 0 Å². The lowest BCUT2D eigenvalue weighted by Crippen LogP contribution is -2.20. The maximum Gasteiger partial charge on any atom is 0.0701 e. The van der Waals surface area contributed by atoms with Gasteiger partial charge in [-0.2, -0.15) is 0 Å². The standard InChI is InChI=1S/C17H36O4/c1-16(2,3)8-11-19-13-15-20-14-12-18-9-7-10-21-17(4,5)6/h7-15H2,1-6H3. The maximum absolute atomic E-state index is 5.61. The van der Waals surface area contributed by atoms with Crippen LogP contribution in [0.15, 0.2) is 0 Å². The summed E-state index contributed by atoms with van der Waals surface area (Å²) in [6.45, 7) is 17.7. The van der Waals surface area contributed by atoms with E-state index in [1.165, 1.54) is 0 Å². The highest BCUT2D eigenvalue weighted by molar-refractivity contribution is 4.59. The van der Waals surface area contributed by atoms with Crippen LogP contribution in [0.3, 0.4) is 0 Å². The normalized spacial score (nSPS) is 12.9. The minimum absolute atomic E-state index is 0.0594. The van der Waals surface area contributed by atoms with Crippen molar-refractivity contribution in [2.45, 2.75) is 60.0 Å². The Balaban J connectivity index is 3.10. The van der Waals surface area contributed by atoms with Crippen molar-refractivity contribution in [2.75, 3.05) is 46.2 Å². The Kier molecular flexibility index (Phi) is 11.3. The van der Waals surface area contributed by atoms with Gasteiger partial charge in [0.15, 0.2) is 0 Å². The molecule has 0 aromatic carbocycles. The Morgan fingerprint density at radius 2 is 1.05 bits per heavy atom. The molecule has 0 unspecified atom stereocenters. The first-order chi connectivity index (χ1) is 9.71. The first-order valence-electron chi connectivity index (χ1n) is 8.08. The third-order valence-electron chi connectivity index (χ3n) is 2.71. The second kappa shape index (κ2) is 11.4. The van der Waals surface area contributed by atoms with Gasteiger partial charge in [-0.25, -0.2) is 0 Å². The van der Waals surface area contributed by atoms with Crippen molar-refractivity contribution in [1.29, 1.82) is 0 Å². The first kappa shape index (κ1) is 20.8. The van der Waals surface area contributed by atoms with Crippen molar-refractivity contribution < 1.29 is 18.9 Å². The first-order valence-corrected chi connectivity index (χ1v) is 8.08. The van der Waals surface area contributed by atoms with Crippen molar-refractivity contribution >= 4 is 0 Å². The van der Waals surface area contributed by atoms with Gasteiger partial charge in [0, 0.05) is 19.8 Å². The second-order valence-electron chi connectivity index (χ2n) is 7.46. The van der Waals surface area contributed by atoms with Crippen LogP contribution in [0.25, 0.3) is 0 Å². The molecular weight excluding hydrogens is 268 g/mol. The van der Waals surface area contributed by atoms with Crippen LogP contribution in [0, 0.1) is 5.41 Å². The van der Waals surface area contributed by atoms with Crippen LogP contribution in [-0.4, -0.2) is 51.8 Å². The van der Waals surface area contributed by atoms with Gasteiger partial charge in [-0.1, -0.05) is 20.8 Å². The Labute approximate surface area is 131 Å². The molecule has 0 spiro atoms.